The summed E-state index contributed by atoms with van der Waals surface area (Å²) >= 11 is 0. The first-order chi connectivity index (χ1) is 9.10. The van der Waals surface area contributed by atoms with Gasteiger partial charge in [0.05, 0.1) is 12.7 Å². The van der Waals surface area contributed by atoms with Crippen LogP contribution in [0, 0.1) is 11.7 Å². The van der Waals surface area contributed by atoms with Crippen molar-refractivity contribution in [1.29, 1.82) is 0 Å². The van der Waals surface area contributed by atoms with E-state index in [9.17, 15) is 9.50 Å². The smallest absolute Gasteiger partial charge is 0.168 e. The van der Waals surface area contributed by atoms with Gasteiger partial charge in [0.1, 0.15) is 0 Å². The number of nitrogens with one attached hydrogen (secondary N) is 1. The molecular formula is C15H22FNO2. The molecule has 1 aromatic rings. The molecule has 2 rings (SSSR count). The van der Waals surface area contributed by atoms with Crippen LogP contribution in [0.4, 0.5) is 4.39 Å². The molecule has 1 fully saturated rings. The second kappa shape index (κ2) is 5.88. The van der Waals surface area contributed by atoms with Gasteiger partial charge in [-0.05, 0) is 31.0 Å². The Morgan fingerprint density at radius 2 is 2.32 bits per heavy atom. The Kier molecular flexibility index (Phi) is 4.42. The van der Waals surface area contributed by atoms with E-state index in [-0.39, 0.29) is 17.5 Å². The van der Waals surface area contributed by atoms with Gasteiger partial charge >= 0.3 is 0 Å². The Morgan fingerprint density at radius 1 is 1.53 bits per heavy atom. The minimum absolute atomic E-state index is 0.159. The van der Waals surface area contributed by atoms with E-state index in [1.54, 1.807) is 18.2 Å². The summed E-state index contributed by atoms with van der Waals surface area (Å²) in [5, 5.41) is 14.1. The van der Waals surface area contributed by atoms with Crippen LogP contribution in [-0.2, 0) is 6.42 Å². The van der Waals surface area contributed by atoms with Gasteiger partial charge in [0, 0.05) is 18.9 Å². The van der Waals surface area contributed by atoms with E-state index in [0.717, 1.165) is 19.5 Å². The van der Waals surface area contributed by atoms with Gasteiger partial charge < -0.3 is 15.2 Å². The molecule has 106 valence electrons. The predicted molar refractivity (Wildman–Crippen MR) is 72.9 cm³/mol. The van der Waals surface area contributed by atoms with Gasteiger partial charge in [-0.2, -0.15) is 0 Å². The summed E-state index contributed by atoms with van der Waals surface area (Å²) in [6.07, 6.45) is 1.88. The summed E-state index contributed by atoms with van der Waals surface area (Å²) in [5.74, 6) is 0.0433. The summed E-state index contributed by atoms with van der Waals surface area (Å²) in [6.45, 7) is 3.63. The van der Waals surface area contributed by atoms with Crippen molar-refractivity contribution in [1.82, 2.24) is 5.32 Å². The molecule has 0 bridgehead atoms. The van der Waals surface area contributed by atoms with E-state index >= 15 is 0 Å². The summed E-state index contributed by atoms with van der Waals surface area (Å²) in [7, 11) is 1.45. The largest absolute Gasteiger partial charge is 0.494 e. The maximum Gasteiger partial charge on any atom is 0.168 e. The van der Waals surface area contributed by atoms with Crippen molar-refractivity contribution in [3.05, 3.63) is 29.6 Å². The molecule has 2 N–H and O–H groups in total. The highest BCUT2D eigenvalue weighted by Gasteiger charge is 2.38. The minimum atomic E-state index is -0.826. The van der Waals surface area contributed by atoms with E-state index < -0.39 is 5.60 Å². The number of hydrogen-bond donors (Lipinski definition) is 2. The van der Waals surface area contributed by atoms with Crippen LogP contribution in [0.25, 0.3) is 0 Å². The average molecular weight is 267 g/mol. The highest BCUT2D eigenvalue weighted by Crippen LogP contribution is 2.32. The van der Waals surface area contributed by atoms with Crippen LogP contribution in [0.15, 0.2) is 18.2 Å². The van der Waals surface area contributed by atoms with E-state index in [0.29, 0.717) is 18.4 Å². The molecule has 4 heteroatoms. The van der Waals surface area contributed by atoms with E-state index in [4.69, 9.17) is 4.74 Å². The van der Waals surface area contributed by atoms with Crippen LogP contribution in [0.2, 0.25) is 0 Å². The molecule has 0 spiro atoms. The first-order valence-corrected chi connectivity index (χ1v) is 6.85. The normalized spacial score (nSPS) is 27.3. The fourth-order valence-electron chi connectivity index (χ4n) is 2.91. The summed E-state index contributed by atoms with van der Waals surface area (Å²) in [4.78, 5) is 0. The van der Waals surface area contributed by atoms with Gasteiger partial charge in [0.25, 0.3) is 0 Å². The number of aliphatic hydroxyl groups is 1. The maximum absolute atomic E-state index is 14.2. The summed E-state index contributed by atoms with van der Waals surface area (Å²) in [5.41, 5.74) is -0.296. The van der Waals surface area contributed by atoms with Gasteiger partial charge in [0.15, 0.2) is 11.6 Å². The summed E-state index contributed by atoms with van der Waals surface area (Å²) in [6, 6.07) is 5.09. The highest BCUT2D eigenvalue weighted by molar-refractivity contribution is 5.32. The lowest BCUT2D eigenvalue weighted by Gasteiger charge is -2.40. The lowest BCUT2D eigenvalue weighted by Crippen LogP contribution is -2.51. The van der Waals surface area contributed by atoms with Crippen molar-refractivity contribution >= 4 is 0 Å². The van der Waals surface area contributed by atoms with Crippen molar-refractivity contribution in [3.8, 4) is 5.75 Å². The zero-order valence-corrected chi connectivity index (χ0v) is 11.6. The zero-order valence-electron chi connectivity index (χ0n) is 11.6. The van der Waals surface area contributed by atoms with Crippen LogP contribution >= 0.6 is 0 Å². The predicted octanol–water partition coefficient (Wildman–Crippen LogP) is 2.13. The van der Waals surface area contributed by atoms with Gasteiger partial charge in [-0.25, -0.2) is 4.39 Å². The van der Waals surface area contributed by atoms with Crippen LogP contribution in [0.5, 0.6) is 5.75 Å². The summed E-state index contributed by atoms with van der Waals surface area (Å²) < 4.78 is 19.2. The molecule has 0 saturated carbocycles. The topological polar surface area (TPSA) is 41.5 Å². The van der Waals surface area contributed by atoms with Gasteiger partial charge in [-0.15, -0.1) is 0 Å². The molecule has 1 aliphatic heterocycles. The molecule has 3 nitrogen and oxygen atoms in total. The number of ether oxygens (including phenoxy) is 1. The van der Waals surface area contributed by atoms with E-state index in [1.807, 2.05) is 0 Å². The first kappa shape index (κ1) is 14.3. The van der Waals surface area contributed by atoms with Gasteiger partial charge in [0.2, 0.25) is 0 Å². The molecule has 1 saturated heterocycles. The highest BCUT2D eigenvalue weighted by atomic mass is 19.1. The minimum Gasteiger partial charge on any atom is -0.494 e. The zero-order chi connectivity index (χ0) is 13.9. The fraction of sp³-hybridized carbons (Fsp3) is 0.600. The monoisotopic (exact) mass is 267 g/mol. The van der Waals surface area contributed by atoms with Gasteiger partial charge in [-0.1, -0.05) is 19.1 Å². The standard InChI is InChI=1S/C15H22FNO2/c1-3-12-10-17-8-7-15(12,18)9-11-5-4-6-13(19-2)14(11)16/h4-6,12,17-18H,3,7-10H2,1-2H3. The lowest BCUT2D eigenvalue weighted by molar-refractivity contribution is -0.0420. The maximum atomic E-state index is 14.2. The van der Waals surface area contributed by atoms with Gasteiger partial charge in [-0.3, -0.25) is 0 Å². The quantitative estimate of drug-likeness (QED) is 0.878. The third kappa shape index (κ3) is 2.90. The Bertz CT molecular complexity index is 438. The Hall–Kier alpha value is -1.13. The van der Waals surface area contributed by atoms with Crippen molar-refractivity contribution in [2.45, 2.75) is 31.8 Å². The van der Waals surface area contributed by atoms with Crippen molar-refractivity contribution in [3.63, 3.8) is 0 Å². The molecule has 1 aliphatic rings. The molecule has 0 aliphatic carbocycles. The van der Waals surface area contributed by atoms with Crippen LogP contribution in [0.3, 0.4) is 0 Å². The van der Waals surface area contributed by atoms with Crippen LogP contribution in [-0.4, -0.2) is 30.9 Å². The molecule has 2 unspecified atom stereocenters. The molecule has 0 aromatic heterocycles. The Labute approximate surface area is 113 Å². The third-order valence-corrected chi connectivity index (χ3v) is 4.14. The molecular weight excluding hydrogens is 245 g/mol. The Balaban J connectivity index is 2.23. The number of halogens is 1. The fourth-order valence-corrected chi connectivity index (χ4v) is 2.91. The van der Waals surface area contributed by atoms with Crippen LogP contribution in [0.1, 0.15) is 25.3 Å². The number of rotatable bonds is 4. The molecule has 0 radical (unpaired) electrons. The molecule has 0 amide bonds. The second-order valence-corrected chi connectivity index (χ2v) is 5.27. The first-order valence-electron chi connectivity index (χ1n) is 6.85. The SMILES string of the molecule is CCC1CNCCC1(O)Cc1cccc(OC)c1F. The second-order valence-electron chi connectivity index (χ2n) is 5.27. The lowest BCUT2D eigenvalue weighted by atomic mass is 9.76. The molecule has 19 heavy (non-hydrogen) atoms. The molecule has 1 heterocycles. The van der Waals surface area contributed by atoms with E-state index in [1.165, 1.54) is 7.11 Å². The van der Waals surface area contributed by atoms with Crippen molar-refractivity contribution in [2.75, 3.05) is 20.2 Å². The average Bonchev–Trinajstić information content (AvgIpc) is 2.41. The molecule has 1 aromatic carbocycles. The van der Waals surface area contributed by atoms with E-state index in [2.05, 4.69) is 12.2 Å². The van der Waals surface area contributed by atoms with Crippen molar-refractivity contribution < 1.29 is 14.2 Å². The number of methoxy groups -OCH3 is 1. The van der Waals surface area contributed by atoms with Crippen LogP contribution < -0.4 is 10.1 Å². The number of piperidine rings is 1. The number of hydrogen-bond acceptors (Lipinski definition) is 3. The van der Waals surface area contributed by atoms with Crippen molar-refractivity contribution in [2.24, 2.45) is 5.92 Å². The number of benzene rings is 1. The Morgan fingerprint density at radius 3 is 3.00 bits per heavy atom. The third-order valence-electron chi connectivity index (χ3n) is 4.14. The molecule has 2 atom stereocenters.